The summed E-state index contributed by atoms with van der Waals surface area (Å²) in [5, 5.41) is 4.88. The van der Waals surface area contributed by atoms with Crippen LogP contribution in [0.4, 0.5) is 5.69 Å². The summed E-state index contributed by atoms with van der Waals surface area (Å²) in [5.41, 5.74) is 3.06. The molecule has 0 spiro atoms. The van der Waals surface area contributed by atoms with E-state index in [1.807, 2.05) is 52.9 Å². The van der Waals surface area contributed by atoms with E-state index in [1.165, 1.54) is 28.7 Å². The maximum absolute atomic E-state index is 13.1. The number of amides is 1. The largest absolute Gasteiger partial charge is 0.311 e. The van der Waals surface area contributed by atoms with Gasteiger partial charge in [0, 0.05) is 35.1 Å². The van der Waals surface area contributed by atoms with E-state index < -0.39 is 0 Å². The molecule has 1 aromatic carbocycles. The van der Waals surface area contributed by atoms with Gasteiger partial charge in [-0.25, -0.2) is 4.98 Å². The molecule has 5 nitrogen and oxygen atoms in total. The number of anilines is 1. The molecule has 1 unspecified atom stereocenters. The highest BCUT2D eigenvalue weighted by Gasteiger charge is 2.29. The minimum Gasteiger partial charge on any atom is -0.311 e. The fourth-order valence-corrected chi connectivity index (χ4v) is 6.51. The summed E-state index contributed by atoms with van der Waals surface area (Å²) >= 11 is 4.43. The Morgan fingerprint density at radius 3 is 2.83 bits per heavy atom. The molecule has 1 amide bonds. The number of thiophene rings is 2. The Balaban J connectivity index is 1.45. The van der Waals surface area contributed by atoms with Gasteiger partial charge in [-0.05, 0) is 36.4 Å². The Morgan fingerprint density at radius 2 is 2.03 bits per heavy atom. The van der Waals surface area contributed by atoms with Gasteiger partial charge in [-0.2, -0.15) is 0 Å². The first kappa shape index (κ1) is 19.5. The van der Waals surface area contributed by atoms with E-state index >= 15 is 0 Å². The number of nitrogens with zero attached hydrogens (tertiary/aromatic N) is 3. The van der Waals surface area contributed by atoms with Crippen LogP contribution in [-0.2, 0) is 18.3 Å². The van der Waals surface area contributed by atoms with Gasteiger partial charge >= 0.3 is 0 Å². The van der Waals surface area contributed by atoms with Crippen LogP contribution < -0.4 is 10.5 Å². The summed E-state index contributed by atoms with van der Waals surface area (Å²) in [6, 6.07) is 12.0. The summed E-state index contributed by atoms with van der Waals surface area (Å²) in [5.74, 6) is 0.0461. The van der Waals surface area contributed by atoms with Gasteiger partial charge in [0.1, 0.15) is 4.83 Å². The Labute approximate surface area is 186 Å². The van der Waals surface area contributed by atoms with Crippen molar-refractivity contribution in [2.75, 3.05) is 11.4 Å². The number of benzene rings is 1. The molecule has 152 valence electrons. The van der Waals surface area contributed by atoms with Gasteiger partial charge in [0.05, 0.1) is 10.6 Å². The van der Waals surface area contributed by atoms with Crippen LogP contribution >= 0.6 is 34.4 Å². The van der Waals surface area contributed by atoms with Crippen molar-refractivity contribution in [1.82, 2.24) is 9.55 Å². The molecule has 1 aliphatic heterocycles. The van der Waals surface area contributed by atoms with Crippen molar-refractivity contribution < 1.29 is 4.79 Å². The summed E-state index contributed by atoms with van der Waals surface area (Å²) in [7, 11) is 1.73. The number of fused-ring (bicyclic) bond motifs is 2. The van der Waals surface area contributed by atoms with Crippen molar-refractivity contribution in [1.29, 1.82) is 0 Å². The SMILES string of the molecule is CC(Sc1nc2scc(-c3cccs3)c2c(=O)n1C)C(=O)N1CCc2ccccc21. The normalized spacial score (nSPS) is 14.3. The van der Waals surface area contributed by atoms with E-state index in [0.717, 1.165) is 27.4 Å². The highest BCUT2D eigenvalue weighted by Crippen LogP contribution is 2.35. The number of hydrogen-bond donors (Lipinski definition) is 0. The van der Waals surface area contributed by atoms with E-state index in [4.69, 9.17) is 4.98 Å². The van der Waals surface area contributed by atoms with Gasteiger partial charge in [0.25, 0.3) is 5.56 Å². The molecule has 0 N–H and O–H groups in total. The molecule has 0 saturated carbocycles. The fourth-order valence-electron chi connectivity index (χ4n) is 3.77. The third kappa shape index (κ3) is 3.19. The molecule has 30 heavy (non-hydrogen) atoms. The Kier molecular flexibility index (Phi) is 5.00. The van der Waals surface area contributed by atoms with Crippen molar-refractivity contribution in [2.24, 2.45) is 7.05 Å². The molecule has 5 rings (SSSR count). The molecule has 3 aromatic heterocycles. The van der Waals surface area contributed by atoms with Crippen LogP contribution in [0.1, 0.15) is 12.5 Å². The Morgan fingerprint density at radius 1 is 1.20 bits per heavy atom. The van der Waals surface area contributed by atoms with Crippen molar-refractivity contribution in [3.63, 3.8) is 0 Å². The van der Waals surface area contributed by atoms with E-state index in [-0.39, 0.29) is 16.7 Å². The molecule has 0 bridgehead atoms. The fraction of sp³-hybridized carbons (Fsp3) is 0.227. The van der Waals surface area contributed by atoms with E-state index in [9.17, 15) is 9.59 Å². The molecular formula is C22H19N3O2S3. The Bertz CT molecular complexity index is 1310. The summed E-state index contributed by atoms with van der Waals surface area (Å²) in [6.07, 6.45) is 0.878. The minimum atomic E-state index is -0.344. The predicted octanol–water partition coefficient (Wildman–Crippen LogP) is 4.79. The van der Waals surface area contributed by atoms with Crippen molar-refractivity contribution in [3.8, 4) is 10.4 Å². The molecule has 0 fully saturated rings. The first-order valence-electron chi connectivity index (χ1n) is 9.62. The van der Waals surface area contributed by atoms with Gasteiger partial charge in [-0.3, -0.25) is 14.2 Å². The standard InChI is InChI=1S/C22H19N3O2S3/c1-13(20(26)25-10-9-14-6-3-4-7-16(14)25)30-22-23-19-18(21(27)24(22)2)15(12-29-19)17-8-5-11-28-17/h3-8,11-13H,9-10H2,1-2H3. The molecule has 0 radical (unpaired) electrons. The number of para-hydroxylation sites is 1. The van der Waals surface area contributed by atoms with Crippen LogP contribution in [0.25, 0.3) is 20.7 Å². The first-order chi connectivity index (χ1) is 14.5. The van der Waals surface area contributed by atoms with Crippen LogP contribution in [0, 0.1) is 0 Å². The average molecular weight is 454 g/mol. The van der Waals surface area contributed by atoms with Crippen molar-refractivity contribution in [2.45, 2.75) is 23.8 Å². The lowest BCUT2D eigenvalue weighted by Gasteiger charge is -2.21. The maximum atomic E-state index is 13.1. The second-order valence-corrected chi connectivity index (χ2v) is 10.3. The van der Waals surface area contributed by atoms with Crippen LogP contribution in [0.3, 0.4) is 0 Å². The number of hydrogen-bond acceptors (Lipinski definition) is 6. The van der Waals surface area contributed by atoms with Gasteiger partial charge in [-0.1, -0.05) is 36.0 Å². The van der Waals surface area contributed by atoms with Gasteiger partial charge in [-0.15, -0.1) is 22.7 Å². The quantitative estimate of drug-likeness (QED) is 0.329. The lowest BCUT2D eigenvalue weighted by molar-refractivity contribution is -0.117. The van der Waals surface area contributed by atoms with Crippen LogP contribution in [0.5, 0.6) is 0 Å². The molecule has 0 aliphatic carbocycles. The first-order valence-corrected chi connectivity index (χ1v) is 12.3. The molecule has 0 saturated heterocycles. The zero-order chi connectivity index (χ0) is 20.8. The van der Waals surface area contributed by atoms with Crippen molar-refractivity contribution >= 4 is 56.2 Å². The number of aromatic nitrogens is 2. The third-order valence-electron chi connectivity index (χ3n) is 5.34. The van der Waals surface area contributed by atoms with E-state index in [1.54, 1.807) is 23.0 Å². The van der Waals surface area contributed by atoms with Crippen molar-refractivity contribution in [3.05, 3.63) is 63.1 Å². The van der Waals surface area contributed by atoms with E-state index in [2.05, 4.69) is 6.07 Å². The minimum absolute atomic E-state index is 0.0461. The van der Waals surface area contributed by atoms with Crippen LogP contribution in [0.15, 0.2) is 57.1 Å². The van der Waals surface area contributed by atoms with Gasteiger partial charge < -0.3 is 4.90 Å². The van der Waals surface area contributed by atoms with Crippen LogP contribution in [0.2, 0.25) is 0 Å². The molecule has 1 atom stereocenters. The topological polar surface area (TPSA) is 55.2 Å². The Hall–Kier alpha value is -2.42. The molecule has 8 heteroatoms. The second kappa shape index (κ2) is 7.68. The van der Waals surface area contributed by atoms with E-state index in [0.29, 0.717) is 17.1 Å². The molecule has 4 heterocycles. The van der Waals surface area contributed by atoms with Gasteiger partial charge in [0.2, 0.25) is 5.91 Å². The highest BCUT2D eigenvalue weighted by atomic mass is 32.2. The number of thioether (sulfide) groups is 1. The number of carbonyl (C=O) groups is 1. The van der Waals surface area contributed by atoms with Crippen LogP contribution in [-0.4, -0.2) is 27.3 Å². The summed E-state index contributed by atoms with van der Waals surface area (Å²) < 4.78 is 1.57. The third-order valence-corrected chi connectivity index (χ3v) is 8.25. The molecule has 4 aromatic rings. The zero-order valence-corrected chi connectivity index (χ0v) is 18.9. The summed E-state index contributed by atoms with van der Waals surface area (Å²) in [4.78, 5) is 34.6. The lowest BCUT2D eigenvalue weighted by atomic mass is 10.2. The average Bonchev–Trinajstić information content (AvgIpc) is 3.49. The molecule has 1 aliphatic rings. The zero-order valence-electron chi connectivity index (χ0n) is 16.5. The number of rotatable bonds is 4. The monoisotopic (exact) mass is 453 g/mol. The molecular weight excluding hydrogens is 434 g/mol. The predicted molar refractivity (Wildman–Crippen MR) is 126 cm³/mol. The highest BCUT2D eigenvalue weighted by molar-refractivity contribution is 8.00. The smallest absolute Gasteiger partial charge is 0.263 e. The lowest BCUT2D eigenvalue weighted by Crippen LogP contribution is -2.35. The van der Waals surface area contributed by atoms with Gasteiger partial charge in [0.15, 0.2) is 5.16 Å². The maximum Gasteiger partial charge on any atom is 0.263 e. The second-order valence-electron chi connectivity index (χ2n) is 7.19. The number of carbonyl (C=O) groups excluding carboxylic acids is 1. The summed E-state index contributed by atoms with van der Waals surface area (Å²) in [6.45, 7) is 2.58.